The van der Waals surface area contributed by atoms with E-state index in [-0.39, 0.29) is 17.5 Å². The Morgan fingerprint density at radius 1 is 0.698 bits per heavy atom. The van der Waals surface area contributed by atoms with Crippen LogP contribution in [0.1, 0.15) is 53.9 Å². The van der Waals surface area contributed by atoms with Gasteiger partial charge < -0.3 is 14.2 Å². The van der Waals surface area contributed by atoms with Crippen molar-refractivity contribution in [3.05, 3.63) is 72.8 Å². The summed E-state index contributed by atoms with van der Waals surface area (Å²) in [6, 6.07) is 22.3. The number of carbonyl (C=O) groups is 1. The van der Waals surface area contributed by atoms with E-state index in [1.165, 1.54) is 0 Å². The maximum Gasteiger partial charge on any atom is 0.278 e. The summed E-state index contributed by atoms with van der Waals surface area (Å²) in [5.74, 6) is 1.91. The van der Waals surface area contributed by atoms with Gasteiger partial charge in [0.15, 0.2) is 0 Å². The van der Waals surface area contributed by atoms with Gasteiger partial charge in [-0.3, -0.25) is 4.79 Å². The molecule has 0 aliphatic heterocycles. The van der Waals surface area contributed by atoms with Crippen LogP contribution in [0.4, 0.5) is 0 Å². The van der Waals surface area contributed by atoms with E-state index in [1.54, 1.807) is 0 Å². The number of carbonyl (C=O) groups excluding carboxylic acids is 1. The number of fused-ring (bicyclic) bond motifs is 2. The molecule has 43 heavy (non-hydrogen) atoms. The highest BCUT2D eigenvalue weighted by Gasteiger charge is 2.65. The van der Waals surface area contributed by atoms with Crippen LogP contribution in [-0.2, 0) is 18.5 Å². The molecule has 2 fully saturated rings. The molecular weight excluding hydrogens is 585 g/mol. The molecule has 232 valence electrons. The van der Waals surface area contributed by atoms with Gasteiger partial charge in [0.25, 0.3) is 10.1 Å². The summed E-state index contributed by atoms with van der Waals surface area (Å²) in [5.41, 5.74) is -1.38. The second-order valence-electron chi connectivity index (χ2n) is 11.7. The minimum absolute atomic E-state index is 0.0322. The highest BCUT2D eigenvalue weighted by Crippen LogP contribution is 2.71. The van der Waals surface area contributed by atoms with E-state index >= 15 is 0 Å². The Kier molecular flexibility index (Phi) is 8.89. The predicted octanol–water partition coefficient (Wildman–Crippen LogP) is 7.82. The fourth-order valence-corrected chi connectivity index (χ4v) is 12.8. The number of Topliss-reactive ketones (excluding diaryl/α,β-unsaturated/α-hetero) is 1. The number of ether oxygens (including phenoxy) is 3. The number of hydrogen-bond acceptors (Lipinski definition) is 7. The SMILES string of the molecule is CCOc1ccc(S(OS(=O)(=O)CC23CCC(CC2=O)C3(C)C)(c2ccc(OCC)cc2)c2ccc(OCC)cc2)cc1. The topological polar surface area (TPSA) is 88.1 Å². The van der Waals surface area contributed by atoms with Crippen LogP contribution in [0.15, 0.2) is 87.5 Å². The fourth-order valence-electron chi connectivity index (χ4n) is 6.80. The molecular formula is C34H42O7S2. The van der Waals surface area contributed by atoms with Gasteiger partial charge in [0.05, 0.1) is 31.0 Å². The summed E-state index contributed by atoms with van der Waals surface area (Å²) in [4.78, 5) is 15.4. The van der Waals surface area contributed by atoms with Gasteiger partial charge in [0.1, 0.15) is 23.0 Å². The third-order valence-electron chi connectivity index (χ3n) is 9.17. The smallest absolute Gasteiger partial charge is 0.278 e. The molecule has 2 unspecified atom stereocenters. The van der Waals surface area contributed by atoms with E-state index < -0.39 is 31.3 Å². The van der Waals surface area contributed by atoms with Crippen molar-refractivity contribution in [1.29, 1.82) is 0 Å². The molecule has 0 amide bonds. The van der Waals surface area contributed by atoms with E-state index in [4.69, 9.17) is 17.8 Å². The molecule has 0 N–H and O–H groups in total. The van der Waals surface area contributed by atoms with Gasteiger partial charge >= 0.3 is 0 Å². The van der Waals surface area contributed by atoms with E-state index in [9.17, 15) is 13.2 Å². The average Bonchev–Trinajstić information content (AvgIpc) is 3.32. The van der Waals surface area contributed by atoms with E-state index in [2.05, 4.69) is 0 Å². The Balaban J connectivity index is 1.69. The third-order valence-corrected chi connectivity index (χ3v) is 14.5. The van der Waals surface area contributed by atoms with Crippen molar-refractivity contribution in [1.82, 2.24) is 0 Å². The number of benzene rings is 3. The number of rotatable bonds is 13. The maximum atomic E-state index is 14.4. The normalized spacial score (nSPS) is 21.5. The monoisotopic (exact) mass is 626 g/mol. The standard InChI is InChI=1S/C34H42O7S2/c1-6-38-26-9-15-29(16-10-26)43(30-17-11-27(12-18-30)39-7-2,31-19-13-28(14-20-31)40-8-3)41-42(36,37)24-34-22-21-25(23-32(34)35)33(34,4)5/h9-20,25H,6-8,21-24H2,1-5H3. The molecule has 3 aromatic rings. The molecule has 2 atom stereocenters. The number of hydrogen-bond donors (Lipinski definition) is 0. The lowest BCUT2D eigenvalue weighted by Crippen LogP contribution is -2.42. The Morgan fingerprint density at radius 3 is 1.40 bits per heavy atom. The second kappa shape index (κ2) is 12.2. The molecule has 2 bridgehead atoms. The van der Waals surface area contributed by atoms with Crippen LogP contribution in [0.5, 0.6) is 17.2 Å². The molecule has 2 aliphatic carbocycles. The average molecular weight is 627 g/mol. The second-order valence-corrected chi connectivity index (χ2v) is 16.2. The van der Waals surface area contributed by atoms with Gasteiger partial charge in [0, 0.05) is 21.1 Å². The van der Waals surface area contributed by atoms with Gasteiger partial charge in [-0.05, 0) is 128 Å². The van der Waals surface area contributed by atoms with E-state index in [0.29, 0.717) is 64.6 Å². The first-order valence-corrected chi connectivity index (χ1v) is 18.1. The number of ketones is 1. The quantitative estimate of drug-likeness (QED) is 0.191. The summed E-state index contributed by atoms with van der Waals surface area (Å²) < 4.78 is 52.6. The zero-order valence-electron chi connectivity index (χ0n) is 25.6. The van der Waals surface area contributed by atoms with E-state index in [0.717, 1.165) is 6.42 Å². The lowest BCUT2D eigenvalue weighted by Gasteiger charge is -2.41. The molecule has 0 spiro atoms. The molecule has 0 heterocycles. The zero-order chi connectivity index (χ0) is 30.9. The minimum atomic E-state index is -4.25. The van der Waals surface area contributed by atoms with Gasteiger partial charge in [-0.25, -0.2) is 3.63 Å². The van der Waals surface area contributed by atoms with Crippen LogP contribution in [0.3, 0.4) is 0 Å². The largest absolute Gasteiger partial charge is 0.494 e. The molecule has 2 saturated carbocycles. The van der Waals surface area contributed by atoms with Crippen molar-refractivity contribution in [2.24, 2.45) is 16.7 Å². The third kappa shape index (κ3) is 5.67. The maximum absolute atomic E-state index is 14.4. The minimum Gasteiger partial charge on any atom is -0.494 e. The summed E-state index contributed by atoms with van der Waals surface area (Å²) in [6.45, 7) is 11.3. The first-order chi connectivity index (χ1) is 20.5. The zero-order valence-corrected chi connectivity index (χ0v) is 27.3. The molecule has 5 rings (SSSR count). The van der Waals surface area contributed by atoms with Crippen molar-refractivity contribution in [3.63, 3.8) is 0 Å². The van der Waals surface area contributed by atoms with Crippen LogP contribution in [0.2, 0.25) is 0 Å². The van der Waals surface area contributed by atoms with Gasteiger partial charge in [-0.15, -0.1) is 0 Å². The summed E-state index contributed by atoms with van der Waals surface area (Å²) in [7, 11) is -7.12. The van der Waals surface area contributed by atoms with Gasteiger partial charge in [-0.2, -0.15) is 8.42 Å². The molecule has 9 heteroatoms. The predicted molar refractivity (Wildman–Crippen MR) is 169 cm³/mol. The van der Waals surface area contributed by atoms with E-state index in [1.807, 2.05) is 107 Å². The van der Waals surface area contributed by atoms with Crippen molar-refractivity contribution < 1.29 is 31.1 Å². The molecule has 0 radical (unpaired) electrons. The van der Waals surface area contributed by atoms with Crippen LogP contribution < -0.4 is 14.2 Å². The van der Waals surface area contributed by atoms with Crippen molar-refractivity contribution in [2.75, 3.05) is 25.6 Å². The van der Waals surface area contributed by atoms with Crippen LogP contribution in [-0.4, -0.2) is 39.8 Å². The molecule has 3 aromatic carbocycles. The molecule has 7 nitrogen and oxygen atoms in total. The first-order valence-electron chi connectivity index (χ1n) is 15.0. The highest BCUT2D eigenvalue weighted by atomic mass is 32.3. The summed E-state index contributed by atoms with van der Waals surface area (Å²) in [5, 5.41) is 0. The molecule has 2 aliphatic rings. The van der Waals surface area contributed by atoms with Crippen molar-refractivity contribution in [3.8, 4) is 17.2 Å². The van der Waals surface area contributed by atoms with Gasteiger partial charge in [0.2, 0.25) is 0 Å². The Bertz CT molecular complexity index is 1410. The van der Waals surface area contributed by atoms with Crippen molar-refractivity contribution in [2.45, 2.75) is 68.6 Å². The van der Waals surface area contributed by atoms with Crippen LogP contribution in [0.25, 0.3) is 0 Å². The molecule has 0 saturated heterocycles. The Morgan fingerprint density at radius 2 is 1.09 bits per heavy atom. The fraction of sp³-hybridized carbons (Fsp3) is 0.441. The van der Waals surface area contributed by atoms with Crippen LogP contribution in [0, 0.1) is 16.7 Å². The molecule has 0 aromatic heterocycles. The Labute approximate surface area is 257 Å². The Hall–Kier alpha value is -3.01. The lowest BCUT2D eigenvalue weighted by atomic mass is 9.70. The van der Waals surface area contributed by atoms with Crippen molar-refractivity contribution >= 4 is 26.2 Å². The lowest BCUT2D eigenvalue weighted by molar-refractivity contribution is -0.128. The summed E-state index contributed by atoms with van der Waals surface area (Å²) >= 11 is 0. The first kappa shape index (κ1) is 31.4. The van der Waals surface area contributed by atoms with Crippen LogP contribution >= 0.6 is 10.3 Å². The van der Waals surface area contributed by atoms with Gasteiger partial charge in [-0.1, -0.05) is 13.8 Å². The summed E-state index contributed by atoms with van der Waals surface area (Å²) in [6.07, 6.45) is 1.84. The highest BCUT2D eigenvalue weighted by molar-refractivity contribution is 8.33.